The van der Waals surface area contributed by atoms with Gasteiger partial charge < -0.3 is 16.6 Å². The van der Waals surface area contributed by atoms with E-state index in [1.165, 1.54) is 0 Å². The summed E-state index contributed by atoms with van der Waals surface area (Å²) in [6.07, 6.45) is 0.600. The first-order valence-corrected chi connectivity index (χ1v) is 3.74. The van der Waals surface area contributed by atoms with E-state index in [2.05, 4.69) is 0 Å². The molecule has 0 heterocycles. The quantitative estimate of drug-likeness (QED) is 0.260. The zero-order valence-electron chi connectivity index (χ0n) is 7.92. The SMILES string of the molecule is Cl.Cl.N=C(N)N(O)CCC[C@H](N)C(=O)O. The molecule has 0 aliphatic heterocycles. The van der Waals surface area contributed by atoms with Crippen LogP contribution in [0.2, 0.25) is 0 Å². The van der Waals surface area contributed by atoms with Crippen molar-refractivity contribution in [3.8, 4) is 0 Å². The van der Waals surface area contributed by atoms with E-state index in [1.807, 2.05) is 0 Å². The van der Waals surface area contributed by atoms with Crippen LogP contribution in [0.15, 0.2) is 0 Å². The first-order chi connectivity index (χ1) is 5.95. The second-order valence-corrected chi connectivity index (χ2v) is 2.60. The second kappa shape index (κ2) is 9.78. The third kappa shape index (κ3) is 9.54. The van der Waals surface area contributed by atoms with Gasteiger partial charge in [0.05, 0.1) is 0 Å². The molecule has 0 unspecified atom stereocenters. The maximum atomic E-state index is 10.2. The highest BCUT2D eigenvalue weighted by molar-refractivity contribution is 5.85. The molecule has 15 heavy (non-hydrogen) atoms. The third-order valence-corrected chi connectivity index (χ3v) is 1.48. The van der Waals surface area contributed by atoms with Crippen LogP contribution in [0.4, 0.5) is 0 Å². The fraction of sp³-hybridized carbons (Fsp3) is 0.667. The minimum atomic E-state index is -1.08. The molecule has 0 aromatic carbocycles. The molecule has 0 bridgehead atoms. The van der Waals surface area contributed by atoms with E-state index in [0.29, 0.717) is 11.5 Å². The maximum absolute atomic E-state index is 10.2. The molecular weight excluding hydrogens is 247 g/mol. The van der Waals surface area contributed by atoms with Crippen LogP contribution in [0.5, 0.6) is 0 Å². The normalized spacial score (nSPS) is 10.5. The van der Waals surface area contributed by atoms with Gasteiger partial charge in [0.15, 0.2) is 0 Å². The summed E-state index contributed by atoms with van der Waals surface area (Å²) in [7, 11) is 0. The number of aliphatic carboxylic acids is 1. The zero-order chi connectivity index (χ0) is 10.4. The molecule has 0 aromatic rings. The first-order valence-electron chi connectivity index (χ1n) is 3.74. The van der Waals surface area contributed by atoms with Crippen LogP contribution >= 0.6 is 24.8 Å². The first kappa shape index (κ1) is 19.8. The Balaban J connectivity index is -0.000000720. The highest BCUT2D eigenvalue weighted by Gasteiger charge is 2.11. The average molecular weight is 263 g/mol. The van der Waals surface area contributed by atoms with Crippen molar-refractivity contribution in [2.24, 2.45) is 11.5 Å². The number of guanidine groups is 1. The molecule has 0 spiro atoms. The summed E-state index contributed by atoms with van der Waals surface area (Å²) in [5, 5.41) is 24.6. The topological polar surface area (TPSA) is 137 Å². The van der Waals surface area contributed by atoms with Crippen molar-refractivity contribution in [3.05, 3.63) is 0 Å². The van der Waals surface area contributed by atoms with Crippen molar-refractivity contribution in [1.82, 2.24) is 5.06 Å². The van der Waals surface area contributed by atoms with Crippen LogP contribution in [0.25, 0.3) is 0 Å². The van der Waals surface area contributed by atoms with Crippen LogP contribution in [0.1, 0.15) is 12.8 Å². The van der Waals surface area contributed by atoms with E-state index < -0.39 is 18.0 Å². The van der Waals surface area contributed by atoms with Crippen LogP contribution in [-0.4, -0.2) is 39.9 Å². The lowest BCUT2D eigenvalue weighted by molar-refractivity contribution is -0.138. The van der Waals surface area contributed by atoms with Gasteiger partial charge in [-0.2, -0.15) is 0 Å². The molecule has 0 aliphatic rings. The Labute approximate surface area is 99.7 Å². The second-order valence-electron chi connectivity index (χ2n) is 2.60. The standard InChI is InChI=1S/C6H14N4O3.2ClH/c7-4(5(11)12)2-1-3-10(13)6(8)9;;/h4,13H,1-3,7H2,(H3,8,9)(H,11,12);2*1H/t4-;;/m0../s1. The number of nitrogens with one attached hydrogen (secondary N) is 1. The van der Waals surface area contributed by atoms with Gasteiger partial charge in [-0.3, -0.25) is 15.4 Å². The van der Waals surface area contributed by atoms with Gasteiger partial charge in [-0.15, -0.1) is 24.8 Å². The number of carboxylic acids is 1. The van der Waals surface area contributed by atoms with Gasteiger partial charge in [0.25, 0.3) is 0 Å². The molecule has 0 saturated heterocycles. The van der Waals surface area contributed by atoms with Gasteiger partial charge in [-0.05, 0) is 12.8 Å². The van der Waals surface area contributed by atoms with Gasteiger partial charge in [-0.25, -0.2) is 5.06 Å². The van der Waals surface area contributed by atoms with Crippen molar-refractivity contribution >= 4 is 36.7 Å². The summed E-state index contributed by atoms with van der Waals surface area (Å²) in [5.41, 5.74) is 10.1. The number of hydroxylamine groups is 2. The van der Waals surface area contributed by atoms with Crippen LogP contribution in [0.3, 0.4) is 0 Å². The fourth-order valence-corrected chi connectivity index (χ4v) is 0.705. The molecule has 1 atom stereocenters. The molecule has 0 aromatic heterocycles. The Morgan fingerprint density at radius 2 is 1.93 bits per heavy atom. The number of nitrogens with two attached hydrogens (primary N) is 2. The smallest absolute Gasteiger partial charge is 0.320 e. The van der Waals surface area contributed by atoms with Crippen LogP contribution in [0, 0.1) is 5.41 Å². The summed E-state index contributed by atoms with van der Waals surface area (Å²) >= 11 is 0. The monoisotopic (exact) mass is 262 g/mol. The molecule has 0 saturated carbocycles. The van der Waals surface area contributed by atoms with E-state index in [0.717, 1.165) is 0 Å². The Hall–Kier alpha value is -0.760. The van der Waals surface area contributed by atoms with Crippen molar-refractivity contribution in [2.45, 2.75) is 18.9 Å². The molecule has 92 valence electrons. The van der Waals surface area contributed by atoms with E-state index in [1.54, 1.807) is 0 Å². The van der Waals surface area contributed by atoms with Crippen LogP contribution in [-0.2, 0) is 4.79 Å². The molecule has 0 amide bonds. The highest BCUT2D eigenvalue weighted by Crippen LogP contribution is 1.96. The number of rotatable bonds is 5. The number of halogens is 2. The van der Waals surface area contributed by atoms with E-state index in [-0.39, 0.29) is 37.8 Å². The molecule has 0 fully saturated rings. The Morgan fingerprint density at radius 3 is 2.27 bits per heavy atom. The Kier molecular flexibility index (Phi) is 12.9. The lowest BCUT2D eigenvalue weighted by Gasteiger charge is -2.14. The largest absolute Gasteiger partial charge is 0.480 e. The molecule has 0 aliphatic carbocycles. The van der Waals surface area contributed by atoms with Crippen molar-refractivity contribution in [2.75, 3.05) is 6.54 Å². The molecule has 9 heteroatoms. The van der Waals surface area contributed by atoms with E-state index in [4.69, 9.17) is 27.2 Å². The molecule has 7 N–H and O–H groups in total. The minimum Gasteiger partial charge on any atom is -0.480 e. The van der Waals surface area contributed by atoms with E-state index in [9.17, 15) is 4.79 Å². The molecule has 0 rings (SSSR count). The number of hydrogen-bond donors (Lipinski definition) is 5. The van der Waals surface area contributed by atoms with Gasteiger partial charge in [-0.1, -0.05) is 0 Å². The minimum absolute atomic E-state index is 0. The van der Waals surface area contributed by atoms with Gasteiger partial charge >= 0.3 is 5.97 Å². The summed E-state index contributed by atoms with van der Waals surface area (Å²) in [4.78, 5) is 10.2. The highest BCUT2D eigenvalue weighted by atomic mass is 35.5. The number of carbonyl (C=O) groups is 1. The zero-order valence-corrected chi connectivity index (χ0v) is 9.55. The lowest BCUT2D eigenvalue weighted by Crippen LogP contribution is -2.36. The summed E-state index contributed by atoms with van der Waals surface area (Å²) < 4.78 is 0. The lowest BCUT2D eigenvalue weighted by atomic mass is 10.2. The molecule has 7 nitrogen and oxygen atoms in total. The van der Waals surface area contributed by atoms with Crippen molar-refractivity contribution in [3.63, 3.8) is 0 Å². The number of nitrogens with zero attached hydrogens (tertiary/aromatic N) is 1. The Morgan fingerprint density at radius 1 is 1.47 bits per heavy atom. The fourth-order valence-electron chi connectivity index (χ4n) is 0.705. The summed E-state index contributed by atoms with van der Waals surface area (Å²) in [6.45, 7) is 0.107. The predicted molar refractivity (Wildman–Crippen MR) is 59.7 cm³/mol. The molecular formula is C6H16Cl2N4O3. The summed E-state index contributed by atoms with van der Waals surface area (Å²) in [6, 6.07) is -0.930. The van der Waals surface area contributed by atoms with E-state index >= 15 is 0 Å². The Bertz CT molecular complexity index is 185. The average Bonchev–Trinajstić information content (AvgIpc) is 2.03. The number of hydrogen-bond acceptors (Lipinski definition) is 4. The van der Waals surface area contributed by atoms with Gasteiger partial charge in [0.2, 0.25) is 5.96 Å². The maximum Gasteiger partial charge on any atom is 0.320 e. The van der Waals surface area contributed by atoms with Crippen molar-refractivity contribution < 1.29 is 15.1 Å². The number of carboxylic acid groups (broad SMARTS) is 1. The van der Waals surface area contributed by atoms with Crippen molar-refractivity contribution in [1.29, 1.82) is 5.41 Å². The third-order valence-electron chi connectivity index (χ3n) is 1.48. The van der Waals surface area contributed by atoms with Crippen LogP contribution < -0.4 is 11.5 Å². The van der Waals surface area contributed by atoms with Gasteiger partial charge in [0, 0.05) is 6.54 Å². The summed E-state index contributed by atoms with van der Waals surface area (Å²) in [5.74, 6) is -1.55. The predicted octanol–water partition coefficient (Wildman–Crippen LogP) is -0.393. The molecule has 0 radical (unpaired) electrons. The van der Waals surface area contributed by atoms with Gasteiger partial charge in [0.1, 0.15) is 6.04 Å².